The van der Waals surface area contributed by atoms with Crippen molar-refractivity contribution >= 4 is 40.8 Å². The second-order valence-electron chi connectivity index (χ2n) is 8.34. The van der Waals surface area contributed by atoms with Crippen molar-refractivity contribution in [2.75, 3.05) is 28.6 Å². The highest BCUT2D eigenvalue weighted by Crippen LogP contribution is 2.36. The Balaban J connectivity index is 1.39. The highest BCUT2D eigenvalue weighted by atomic mass is 35.5. The van der Waals surface area contributed by atoms with Crippen LogP contribution < -0.4 is 25.0 Å². The van der Waals surface area contributed by atoms with Gasteiger partial charge in [-0.25, -0.2) is 9.97 Å². The molecule has 1 amide bonds. The van der Waals surface area contributed by atoms with Gasteiger partial charge in [-0.15, -0.1) is 13.2 Å². The number of ether oxygens (including phenoxy) is 2. The second-order valence-corrected chi connectivity index (χ2v) is 8.77. The fourth-order valence-corrected chi connectivity index (χ4v) is 4.02. The maximum atomic E-state index is 12.8. The van der Waals surface area contributed by atoms with Crippen molar-refractivity contribution < 1.29 is 27.4 Å². The molecule has 2 heterocycles. The maximum absolute atomic E-state index is 12.8. The summed E-state index contributed by atoms with van der Waals surface area (Å²) in [4.78, 5) is 26.3. The summed E-state index contributed by atoms with van der Waals surface area (Å²) in [6.07, 6.45) is -2.73. The highest BCUT2D eigenvalue weighted by Gasteiger charge is 2.33. The van der Waals surface area contributed by atoms with E-state index in [2.05, 4.69) is 30.3 Å². The molecule has 1 saturated heterocycles. The van der Waals surface area contributed by atoms with Crippen LogP contribution in [-0.2, 0) is 4.79 Å². The third-order valence-electron chi connectivity index (χ3n) is 5.60. The molecular formula is C24H24ClF3N6O3. The van der Waals surface area contributed by atoms with Gasteiger partial charge in [0.25, 0.3) is 0 Å². The molecule has 1 aromatic heterocycles. The van der Waals surface area contributed by atoms with Crippen LogP contribution in [0.1, 0.15) is 25.3 Å². The fourth-order valence-electron chi connectivity index (χ4n) is 3.85. The number of hydrogen-bond acceptors (Lipinski definition) is 8. The van der Waals surface area contributed by atoms with E-state index in [-0.39, 0.29) is 22.8 Å². The van der Waals surface area contributed by atoms with E-state index in [9.17, 15) is 18.0 Å². The van der Waals surface area contributed by atoms with E-state index < -0.39 is 12.1 Å². The monoisotopic (exact) mass is 536 g/mol. The van der Waals surface area contributed by atoms with Crippen LogP contribution in [0.4, 0.5) is 36.4 Å². The first kappa shape index (κ1) is 26.3. The van der Waals surface area contributed by atoms with Crippen molar-refractivity contribution in [3.63, 3.8) is 0 Å². The number of aromatic nitrogens is 3. The van der Waals surface area contributed by atoms with Crippen molar-refractivity contribution in [2.24, 2.45) is 0 Å². The molecule has 9 nitrogen and oxygen atoms in total. The number of halogens is 4. The molecule has 3 aromatic rings. The van der Waals surface area contributed by atoms with E-state index in [1.54, 1.807) is 12.1 Å². The van der Waals surface area contributed by atoms with Crippen LogP contribution in [0.5, 0.6) is 11.5 Å². The van der Waals surface area contributed by atoms with Gasteiger partial charge >= 0.3 is 6.36 Å². The van der Waals surface area contributed by atoms with Crippen molar-refractivity contribution in [3.05, 3.63) is 53.3 Å². The first-order chi connectivity index (χ1) is 17.6. The Morgan fingerprint density at radius 3 is 2.54 bits per heavy atom. The zero-order valence-corrected chi connectivity index (χ0v) is 20.7. The molecule has 2 aromatic carbocycles. The first-order valence-electron chi connectivity index (χ1n) is 11.4. The number of rotatable bonds is 7. The van der Waals surface area contributed by atoms with Gasteiger partial charge in [0.05, 0.1) is 0 Å². The minimum absolute atomic E-state index is 0.0244. The molecule has 1 fully saturated rings. The minimum atomic E-state index is -4.86. The van der Waals surface area contributed by atoms with E-state index in [1.807, 2.05) is 17.9 Å². The van der Waals surface area contributed by atoms with Gasteiger partial charge in [-0.3, -0.25) is 4.79 Å². The molecule has 0 saturated carbocycles. The van der Waals surface area contributed by atoms with Gasteiger partial charge in [-0.2, -0.15) is 4.98 Å². The number of nitrogens with one attached hydrogen (secondary N) is 2. The topological polar surface area (TPSA) is 102 Å². The molecule has 196 valence electrons. The summed E-state index contributed by atoms with van der Waals surface area (Å²) < 4.78 is 48.2. The zero-order chi connectivity index (χ0) is 26.6. The third-order valence-corrected chi connectivity index (χ3v) is 5.84. The van der Waals surface area contributed by atoms with Crippen LogP contribution in [0.25, 0.3) is 0 Å². The molecule has 1 aliphatic rings. The number of nitrogens with zero attached hydrogens (tertiary/aromatic N) is 4. The molecule has 1 aliphatic heterocycles. The van der Waals surface area contributed by atoms with Gasteiger partial charge in [0.1, 0.15) is 12.4 Å². The standard InChI is InChI=1S/C24H24ClF3N6O3/c1-14-18(31-15(2)35)4-3-5-19(14)32-22-29-13-30-23(33-22)34-10-8-17(9-11-34)36-20-7-6-16(25)12-21(20)37-24(26,27)28/h3-7,12-13,17H,8-11H2,1-2H3,(H,31,35)(H,29,30,32,33). The molecule has 0 spiro atoms. The van der Waals surface area contributed by atoms with Crippen molar-refractivity contribution in [1.82, 2.24) is 15.0 Å². The predicted octanol–water partition coefficient (Wildman–Crippen LogP) is 5.48. The fraction of sp³-hybridized carbons (Fsp3) is 0.333. The molecule has 0 bridgehead atoms. The van der Waals surface area contributed by atoms with E-state index in [0.29, 0.717) is 43.5 Å². The van der Waals surface area contributed by atoms with Crippen LogP contribution in [-0.4, -0.2) is 46.4 Å². The van der Waals surface area contributed by atoms with Gasteiger partial charge in [0.15, 0.2) is 11.5 Å². The van der Waals surface area contributed by atoms with Crippen molar-refractivity contribution in [1.29, 1.82) is 0 Å². The summed E-state index contributed by atoms with van der Waals surface area (Å²) in [5.41, 5.74) is 2.24. The summed E-state index contributed by atoms with van der Waals surface area (Å²) in [6.45, 7) is 4.35. The molecule has 0 atom stereocenters. The Morgan fingerprint density at radius 2 is 1.84 bits per heavy atom. The maximum Gasteiger partial charge on any atom is 0.573 e. The lowest BCUT2D eigenvalue weighted by atomic mass is 10.1. The number of carbonyl (C=O) groups excluding carboxylic acids is 1. The number of piperidine rings is 1. The van der Waals surface area contributed by atoms with Crippen LogP contribution >= 0.6 is 11.6 Å². The van der Waals surface area contributed by atoms with Gasteiger partial charge in [0.2, 0.25) is 17.8 Å². The Morgan fingerprint density at radius 1 is 1.11 bits per heavy atom. The van der Waals surface area contributed by atoms with Gasteiger partial charge in [-0.05, 0) is 36.8 Å². The second kappa shape index (κ2) is 11.1. The molecular weight excluding hydrogens is 513 g/mol. The average molecular weight is 537 g/mol. The largest absolute Gasteiger partial charge is 0.573 e. The van der Waals surface area contributed by atoms with E-state index in [0.717, 1.165) is 17.3 Å². The lowest BCUT2D eigenvalue weighted by Gasteiger charge is -2.32. The summed E-state index contributed by atoms with van der Waals surface area (Å²) in [7, 11) is 0. The Kier molecular flexibility index (Phi) is 7.86. The van der Waals surface area contributed by atoms with Crippen LogP contribution in [0.3, 0.4) is 0 Å². The third kappa shape index (κ3) is 7.13. The summed E-state index contributed by atoms with van der Waals surface area (Å²) >= 11 is 5.83. The van der Waals surface area contributed by atoms with E-state index in [1.165, 1.54) is 25.4 Å². The number of anilines is 4. The molecule has 0 aliphatic carbocycles. The zero-order valence-electron chi connectivity index (χ0n) is 20.0. The van der Waals surface area contributed by atoms with Crippen LogP contribution in [0.2, 0.25) is 5.02 Å². The Hall–Kier alpha value is -3.80. The van der Waals surface area contributed by atoms with E-state index >= 15 is 0 Å². The van der Waals surface area contributed by atoms with Crippen LogP contribution in [0, 0.1) is 6.92 Å². The SMILES string of the molecule is CC(=O)Nc1cccc(Nc2ncnc(N3CCC(Oc4ccc(Cl)cc4OC(F)(F)F)CC3)n2)c1C. The number of amides is 1. The molecule has 2 N–H and O–H groups in total. The Labute approximate surface area is 216 Å². The van der Waals surface area contributed by atoms with Crippen molar-refractivity contribution in [2.45, 2.75) is 39.2 Å². The van der Waals surface area contributed by atoms with Gasteiger partial charge in [-0.1, -0.05) is 17.7 Å². The Bertz CT molecular complexity index is 1270. The summed E-state index contributed by atoms with van der Waals surface area (Å²) in [6, 6.07) is 9.34. The minimum Gasteiger partial charge on any atom is -0.486 e. The number of hydrogen-bond donors (Lipinski definition) is 2. The van der Waals surface area contributed by atoms with Crippen LogP contribution in [0.15, 0.2) is 42.7 Å². The molecule has 13 heteroatoms. The number of benzene rings is 2. The lowest BCUT2D eigenvalue weighted by molar-refractivity contribution is -0.275. The molecule has 0 radical (unpaired) electrons. The summed E-state index contributed by atoms with van der Waals surface area (Å²) in [5.74, 6) is 0.119. The molecule has 0 unspecified atom stereocenters. The average Bonchev–Trinajstić information content (AvgIpc) is 2.83. The van der Waals surface area contributed by atoms with Gasteiger partial charge in [0, 0.05) is 55.3 Å². The van der Waals surface area contributed by atoms with Gasteiger partial charge < -0.3 is 25.0 Å². The quantitative estimate of drug-likeness (QED) is 0.409. The normalized spacial score (nSPS) is 14.3. The van der Waals surface area contributed by atoms with Crippen molar-refractivity contribution in [3.8, 4) is 11.5 Å². The van der Waals surface area contributed by atoms with E-state index in [4.69, 9.17) is 16.3 Å². The molecule has 37 heavy (non-hydrogen) atoms. The lowest BCUT2D eigenvalue weighted by Crippen LogP contribution is -2.39. The summed E-state index contributed by atoms with van der Waals surface area (Å²) in [5, 5.41) is 6.04. The predicted molar refractivity (Wildman–Crippen MR) is 133 cm³/mol. The molecule has 4 rings (SSSR count). The number of carbonyl (C=O) groups is 1. The smallest absolute Gasteiger partial charge is 0.486 e. The number of alkyl halides is 3. The first-order valence-corrected chi connectivity index (χ1v) is 11.8. The highest BCUT2D eigenvalue weighted by molar-refractivity contribution is 6.30.